The number of aromatic nitrogens is 2. The van der Waals surface area contributed by atoms with Gasteiger partial charge in [0.1, 0.15) is 5.82 Å². The summed E-state index contributed by atoms with van der Waals surface area (Å²) in [6, 6.07) is 14.0. The fourth-order valence-electron chi connectivity index (χ4n) is 3.48. The Hall–Kier alpha value is -3.03. The first-order chi connectivity index (χ1) is 14.2. The summed E-state index contributed by atoms with van der Waals surface area (Å²) in [5.41, 5.74) is 4.37. The molecule has 0 atom stereocenters. The molecule has 5 rings (SSSR count). The number of fused-ring (bicyclic) bond motifs is 1. The van der Waals surface area contributed by atoms with Gasteiger partial charge in [0, 0.05) is 35.8 Å². The SMILES string of the molecule is O=C(c1ccc(-c2cn3c(-c4ccc(F)cc4)csc3n2)cc1)N1CCOCC1. The molecule has 1 aliphatic heterocycles. The van der Waals surface area contributed by atoms with E-state index in [1.165, 1.54) is 12.1 Å². The number of thiazole rings is 1. The number of carbonyl (C=O) groups is 1. The molecule has 29 heavy (non-hydrogen) atoms. The minimum absolute atomic E-state index is 0.0317. The highest BCUT2D eigenvalue weighted by molar-refractivity contribution is 7.15. The van der Waals surface area contributed by atoms with Crippen LogP contribution in [0.3, 0.4) is 0 Å². The van der Waals surface area contributed by atoms with Crippen LogP contribution >= 0.6 is 11.3 Å². The van der Waals surface area contributed by atoms with E-state index in [0.717, 1.165) is 27.5 Å². The van der Waals surface area contributed by atoms with Crippen molar-refractivity contribution in [1.29, 1.82) is 0 Å². The average Bonchev–Trinajstić information content (AvgIpc) is 3.36. The molecule has 3 heterocycles. The van der Waals surface area contributed by atoms with E-state index in [1.807, 2.05) is 45.1 Å². The summed E-state index contributed by atoms with van der Waals surface area (Å²) in [4.78, 5) is 20.0. The summed E-state index contributed by atoms with van der Waals surface area (Å²) in [7, 11) is 0. The number of hydrogen-bond donors (Lipinski definition) is 0. The van der Waals surface area contributed by atoms with E-state index >= 15 is 0 Å². The van der Waals surface area contributed by atoms with E-state index < -0.39 is 0 Å². The molecular formula is C22H18FN3O2S. The minimum atomic E-state index is -0.252. The maximum absolute atomic E-state index is 13.2. The highest BCUT2D eigenvalue weighted by Crippen LogP contribution is 2.29. The van der Waals surface area contributed by atoms with Gasteiger partial charge >= 0.3 is 0 Å². The smallest absolute Gasteiger partial charge is 0.254 e. The Morgan fingerprint density at radius 3 is 2.41 bits per heavy atom. The molecule has 0 aliphatic carbocycles. The first-order valence-electron chi connectivity index (χ1n) is 9.39. The van der Waals surface area contributed by atoms with Crippen LogP contribution in [0.15, 0.2) is 60.1 Å². The summed E-state index contributed by atoms with van der Waals surface area (Å²) in [6.07, 6.45) is 1.98. The summed E-state index contributed by atoms with van der Waals surface area (Å²) in [5, 5.41) is 2.02. The average molecular weight is 407 g/mol. The molecule has 0 bridgehead atoms. The molecule has 1 fully saturated rings. The Kier molecular flexibility index (Phi) is 4.61. The van der Waals surface area contributed by atoms with Gasteiger partial charge in [-0.1, -0.05) is 12.1 Å². The number of amides is 1. The van der Waals surface area contributed by atoms with Crippen molar-refractivity contribution in [2.75, 3.05) is 26.3 Å². The molecular weight excluding hydrogens is 389 g/mol. The maximum Gasteiger partial charge on any atom is 0.254 e. The van der Waals surface area contributed by atoms with Crippen LogP contribution in [0.4, 0.5) is 4.39 Å². The van der Waals surface area contributed by atoms with Gasteiger partial charge in [0.25, 0.3) is 5.91 Å². The third-order valence-corrected chi connectivity index (χ3v) is 5.91. The van der Waals surface area contributed by atoms with Gasteiger partial charge in [-0.25, -0.2) is 9.37 Å². The lowest BCUT2D eigenvalue weighted by molar-refractivity contribution is 0.0303. The van der Waals surface area contributed by atoms with Crippen LogP contribution in [-0.4, -0.2) is 46.5 Å². The Balaban J connectivity index is 1.42. The molecule has 0 radical (unpaired) electrons. The van der Waals surface area contributed by atoms with Gasteiger partial charge in [-0.15, -0.1) is 11.3 Å². The second-order valence-corrected chi connectivity index (χ2v) is 7.73. The predicted octanol–water partition coefficient (Wildman–Crippen LogP) is 4.34. The van der Waals surface area contributed by atoms with Crippen LogP contribution in [0.25, 0.3) is 27.5 Å². The monoisotopic (exact) mass is 407 g/mol. The second-order valence-electron chi connectivity index (χ2n) is 6.89. The van der Waals surface area contributed by atoms with E-state index in [2.05, 4.69) is 0 Å². The normalized spacial score (nSPS) is 14.4. The third-order valence-electron chi connectivity index (χ3n) is 5.07. The highest BCUT2D eigenvalue weighted by Gasteiger charge is 2.18. The van der Waals surface area contributed by atoms with Gasteiger partial charge in [0.15, 0.2) is 4.96 Å². The molecule has 0 saturated carbocycles. The number of rotatable bonds is 3. The Morgan fingerprint density at radius 2 is 1.69 bits per heavy atom. The number of nitrogens with zero attached hydrogens (tertiary/aromatic N) is 3. The van der Waals surface area contributed by atoms with Gasteiger partial charge in [-0.3, -0.25) is 9.20 Å². The molecule has 2 aromatic carbocycles. The van der Waals surface area contributed by atoms with Crippen molar-refractivity contribution < 1.29 is 13.9 Å². The summed E-state index contributed by atoms with van der Waals surface area (Å²) < 4.78 is 20.5. The van der Waals surface area contributed by atoms with Crippen molar-refractivity contribution in [3.8, 4) is 22.5 Å². The molecule has 0 unspecified atom stereocenters. The number of imidazole rings is 1. The number of hydrogen-bond acceptors (Lipinski definition) is 4. The van der Waals surface area contributed by atoms with Crippen molar-refractivity contribution in [2.24, 2.45) is 0 Å². The second kappa shape index (κ2) is 7.42. The Labute approximate surface area is 171 Å². The van der Waals surface area contributed by atoms with Crippen molar-refractivity contribution in [2.45, 2.75) is 0 Å². The maximum atomic E-state index is 13.2. The largest absolute Gasteiger partial charge is 0.378 e. The van der Waals surface area contributed by atoms with Crippen molar-refractivity contribution >= 4 is 22.2 Å². The van der Waals surface area contributed by atoms with Gasteiger partial charge in [-0.2, -0.15) is 0 Å². The molecule has 5 nitrogen and oxygen atoms in total. The molecule has 1 saturated heterocycles. The number of benzene rings is 2. The molecule has 1 amide bonds. The van der Waals surface area contributed by atoms with E-state index in [9.17, 15) is 9.18 Å². The van der Waals surface area contributed by atoms with Crippen molar-refractivity contribution in [1.82, 2.24) is 14.3 Å². The van der Waals surface area contributed by atoms with Crippen LogP contribution in [0.1, 0.15) is 10.4 Å². The van der Waals surface area contributed by atoms with E-state index in [-0.39, 0.29) is 11.7 Å². The van der Waals surface area contributed by atoms with Crippen LogP contribution in [-0.2, 0) is 4.74 Å². The fraction of sp³-hybridized carbons (Fsp3) is 0.182. The molecule has 2 aromatic heterocycles. The Bertz CT molecular complexity index is 1160. The number of morpholine rings is 1. The zero-order chi connectivity index (χ0) is 19.8. The summed E-state index contributed by atoms with van der Waals surface area (Å²) >= 11 is 1.54. The zero-order valence-corrected chi connectivity index (χ0v) is 16.4. The van der Waals surface area contributed by atoms with Gasteiger partial charge in [0.05, 0.1) is 24.6 Å². The van der Waals surface area contributed by atoms with E-state index in [0.29, 0.717) is 31.9 Å². The first-order valence-corrected chi connectivity index (χ1v) is 10.3. The molecule has 4 aromatic rings. The molecule has 7 heteroatoms. The van der Waals surface area contributed by atoms with Gasteiger partial charge in [0.2, 0.25) is 0 Å². The van der Waals surface area contributed by atoms with Crippen LogP contribution < -0.4 is 0 Å². The predicted molar refractivity (Wildman–Crippen MR) is 111 cm³/mol. The fourth-order valence-corrected chi connectivity index (χ4v) is 4.37. The minimum Gasteiger partial charge on any atom is -0.378 e. The van der Waals surface area contributed by atoms with Crippen LogP contribution in [0, 0.1) is 5.82 Å². The van der Waals surface area contributed by atoms with Crippen molar-refractivity contribution in [3.05, 3.63) is 71.5 Å². The standard InChI is InChI=1S/C22H18FN3O2S/c23-18-7-5-16(6-8-18)20-14-29-22-24-19(13-26(20)22)15-1-3-17(4-2-15)21(27)25-9-11-28-12-10-25/h1-8,13-14H,9-12H2. The van der Waals surface area contributed by atoms with Gasteiger partial charge < -0.3 is 9.64 Å². The summed E-state index contributed by atoms with van der Waals surface area (Å²) in [5.74, 6) is -0.220. The lowest BCUT2D eigenvalue weighted by atomic mass is 10.1. The Morgan fingerprint density at radius 1 is 1.00 bits per heavy atom. The molecule has 0 N–H and O–H groups in total. The van der Waals surface area contributed by atoms with Crippen LogP contribution in [0.2, 0.25) is 0 Å². The van der Waals surface area contributed by atoms with E-state index in [1.54, 1.807) is 23.5 Å². The zero-order valence-electron chi connectivity index (χ0n) is 15.5. The van der Waals surface area contributed by atoms with E-state index in [4.69, 9.17) is 9.72 Å². The number of ether oxygens (including phenoxy) is 1. The number of carbonyl (C=O) groups excluding carboxylic acids is 1. The first kappa shape index (κ1) is 18.0. The third kappa shape index (κ3) is 3.43. The van der Waals surface area contributed by atoms with Crippen molar-refractivity contribution in [3.63, 3.8) is 0 Å². The molecule has 146 valence electrons. The quantitative estimate of drug-likeness (QED) is 0.508. The lowest BCUT2D eigenvalue weighted by Gasteiger charge is -2.26. The van der Waals surface area contributed by atoms with Gasteiger partial charge in [-0.05, 0) is 42.0 Å². The molecule has 1 aliphatic rings. The highest BCUT2D eigenvalue weighted by atomic mass is 32.1. The molecule has 0 spiro atoms. The summed E-state index contributed by atoms with van der Waals surface area (Å²) in [6.45, 7) is 2.44. The topological polar surface area (TPSA) is 46.8 Å². The lowest BCUT2D eigenvalue weighted by Crippen LogP contribution is -2.40. The number of halogens is 1. The van der Waals surface area contributed by atoms with Crippen LogP contribution in [0.5, 0.6) is 0 Å².